The number of piperidine rings is 1. The molecule has 1 atom stereocenters. The maximum atomic E-state index is 12.2. The fraction of sp³-hybridized carbons (Fsp3) is 0.471. The number of nitrogens with one attached hydrogen (secondary N) is 1. The number of carboxylic acid groups (broad SMARTS) is 1. The van der Waals surface area contributed by atoms with Gasteiger partial charge in [-0.25, -0.2) is 0 Å². The number of hydrogen-bond donors (Lipinski definition) is 2. The van der Waals surface area contributed by atoms with Crippen molar-refractivity contribution in [3.63, 3.8) is 0 Å². The van der Waals surface area contributed by atoms with Crippen molar-refractivity contribution in [3.8, 4) is 5.75 Å². The van der Waals surface area contributed by atoms with Crippen LogP contribution in [0.3, 0.4) is 0 Å². The fourth-order valence-electron chi connectivity index (χ4n) is 2.70. The largest absolute Gasteiger partial charge is 0.493 e. The summed E-state index contributed by atoms with van der Waals surface area (Å²) in [6.07, 6.45) is 1.23. The van der Waals surface area contributed by atoms with Crippen LogP contribution >= 0.6 is 0 Å². The molecule has 2 amide bonds. The van der Waals surface area contributed by atoms with Crippen LogP contribution in [-0.2, 0) is 9.59 Å². The van der Waals surface area contributed by atoms with E-state index in [2.05, 4.69) is 5.32 Å². The summed E-state index contributed by atoms with van der Waals surface area (Å²) < 4.78 is 5.40. The first-order valence-electron chi connectivity index (χ1n) is 8.03. The van der Waals surface area contributed by atoms with E-state index in [-0.39, 0.29) is 24.9 Å². The number of hydrogen-bond acceptors (Lipinski definition) is 4. The number of carboxylic acids is 1. The lowest BCUT2D eigenvalue weighted by atomic mass is 9.98. The van der Waals surface area contributed by atoms with Gasteiger partial charge < -0.3 is 20.1 Å². The number of carbonyl (C=O) groups excluding carboxylic acids is 2. The molecule has 2 rings (SSSR count). The monoisotopic (exact) mass is 334 g/mol. The van der Waals surface area contributed by atoms with Crippen molar-refractivity contribution >= 4 is 17.8 Å². The van der Waals surface area contributed by atoms with Crippen LogP contribution in [0.2, 0.25) is 0 Å². The first kappa shape index (κ1) is 17.8. The zero-order valence-electron chi connectivity index (χ0n) is 13.7. The number of benzene rings is 1. The Balaban J connectivity index is 1.92. The molecule has 0 bridgehead atoms. The third kappa shape index (κ3) is 4.47. The molecule has 0 spiro atoms. The molecule has 130 valence electrons. The highest BCUT2D eigenvalue weighted by Gasteiger charge is 2.28. The zero-order chi connectivity index (χ0) is 17.5. The summed E-state index contributed by atoms with van der Waals surface area (Å²) in [7, 11) is 0. The zero-order valence-corrected chi connectivity index (χ0v) is 13.7. The molecular formula is C17H22N2O5. The average Bonchev–Trinajstić information content (AvgIpc) is 2.60. The van der Waals surface area contributed by atoms with Crippen LogP contribution in [0.1, 0.15) is 30.1 Å². The lowest BCUT2D eigenvalue weighted by Gasteiger charge is -2.30. The normalized spacial score (nSPS) is 17.2. The van der Waals surface area contributed by atoms with Crippen molar-refractivity contribution in [2.45, 2.75) is 19.8 Å². The van der Waals surface area contributed by atoms with Crippen LogP contribution in [0.25, 0.3) is 0 Å². The van der Waals surface area contributed by atoms with Crippen LogP contribution in [0.5, 0.6) is 5.75 Å². The molecule has 1 aliphatic rings. The van der Waals surface area contributed by atoms with Crippen LogP contribution < -0.4 is 10.1 Å². The predicted octanol–water partition coefficient (Wildman–Crippen LogP) is 1.14. The van der Waals surface area contributed by atoms with Crippen molar-refractivity contribution in [3.05, 3.63) is 29.8 Å². The van der Waals surface area contributed by atoms with E-state index < -0.39 is 11.9 Å². The third-order valence-electron chi connectivity index (χ3n) is 3.96. The number of likely N-dealkylation sites (tertiary alicyclic amines) is 1. The third-order valence-corrected chi connectivity index (χ3v) is 3.96. The van der Waals surface area contributed by atoms with Gasteiger partial charge in [0, 0.05) is 13.1 Å². The second-order valence-corrected chi connectivity index (χ2v) is 5.63. The van der Waals surface area contributed by atoms with Crippen LogP contribution in [0.4, 0.5) is 0 Å². The first-order valence-corrected chi connectivity index (χ1v) is 8.03. The summed E-state index contributed by atoms with van der Waals surface area (Å²) >= 11 is 0. The molecule has 0 saturated carbocycles. The molecule has 7 nitrogen and oxygen atoms in total. The summed E-state index contributed by atoms with van der Waals surface area (Å²) in [6.45, 7) is 2.82. The summed E-state index contributed by atoms with van der Waals surface area (Å²) in [5, 5.41) is 11.6. The summed E-state index contributed by atoms with van der Waals surface area (Å²) in [4.78, 5) is 37.0. The first-order chi connectivity index (χ1) is 11.5. The Bertz CT molecular complexity index is 617. The van der Waals surface area contributed by atoms with Crippen molar-refractivity contribution in [1.82, 2.24) is 10.2 Å². The summed E-state index contributed by atoms with van der Waals surface area (Å²) in [6, 6.07) is 6.82. The Morgan fingerprint density at radius 1 is 1.33 bits per heavy atom. The quantitative estimate of drug-likeness (QED) is 0.813. The highest BCUT2D eigenvalue weighted by molar-refractivity contribution is 5.98. The van der Waals surface area contributed by atoms with Gasteiger partial charge in [0.1, 0.15) is 5.75 Å². The minimum atomic E-state index is -0.887. The van der Waals surface area contributed by atoms with Crippen molar-refractivity contribution in [1.29, 1.82) is 0 Å². The van der Waals surface area contributed by atoms with Gasteiger partial charge in [0.25, 0.3) is 5.91 Å². The molecule has 7 heteroatoms. The second-order valence-electron chi connectivity index (χ2n) is 5.63. The van der Waals surface area contributed by atoms with Gasteiger partial charge in [-0.15, -0.1) is 0 Å². The van der Waals surface area contributed by atoms with Crippen LogP contribution in [0, 0.1) is 5.92 Å². The highest BCUT2D eigenvalue weighted by Crippen LogP contribution is 2.18. The van der Waals surface area contributed by atoms with E-state index in [1.54, 1.807) is 24.3 Å². The van der Waals surface area contributed by atoms with Gasteiger partial charge in [0.05, 0.1) is 24.6 Å². The van der Waals surface area contributed by atoms with E-state index in [9.17, 15) is 14.4 Å². The SMILES string of the molecule is CCOc1ccccc1C(=O)NCC(=O)N1CCCC(C(=O)O)C1. The molecule has 1 fully saturated rings. The topological polar surface area (TPSA) is 95.9 Å². The van der Waals surface area contributed by atoms with E-state index in [0.717, 1.165) is 0 Å². The molecule has 2 N–H and O–H groups in total. The lowest BCUT2D eigenvalue weighted by molar-refractivity contribution is -0.145. The van der Waals surface area contributed by atoms with Gasteiger partial charge >= 0.3 is 5.97 Å². The molecule has 0 radical (unpaired) electrons. The number of carbonyl (C=O) groups is 3. The van der Waals surface area contributed by atoms with Crippen molar-refractivity contribution in [2.24, 2.45) is 5.92 Å². The number of ether oxygens (including phenoxy) is 1. The lowest BCUT2D eigenvalue weighted by Crippen LogP contribution is -2.46. The van der Waals surface area contributed by atoms with E-state index in [1.807, 2.05) is 6.92 Å². The Morgan fingerprint density at radius 3 is 2.79 bits per heavy atom. The molecule has 1 unspecified atom stereocenters. The minimum absolute atomic E-state index is 0.161. The number of rotatable bonds is 6. The van der Waals surface area contributed by atoms with Crippen LogP contribution in [-0.4, -0.2) is 54.0 Å². The molecule has 24 heavy (non-hydrogen) atoms. The Labute approximate surface area is 140 Å². The van der Waals surface area contributed by atoms with Gasteiger partial charge in [-0.1, -0.05) is 12.1 Å². The van der Waals surface area contributed by atoms with E-state index >= 15 is 0 Å². The molecule has 1 aromatic carbocycles. The Hall–Kier alpha value is -2.57. The molecule has 1 saturated heterocycles. The van der Waals surface area contributed by atoms with Gasteiger partial charge in [0.15, 0.2) is 0 Å². The standard InChI is InChI=1S/C17H22N2O5/c1-2-24-14-8-4-3-7-13(14)16(21)18-10-15(20)19-9-5-6-12(11-19)17(22)23/h3-4,7-8,12H,2,5-6,9-11H2,1H3,(H,18,21)(H,22,23). The van der Waals surface area contributed by atoms with Crippen molar-refractivity contribution < 1.29 is 24.2 Å². The molecule has 1 aliphatic heterocycles. The highest BCUT2D eigenvalue weighted by atomic mass is 16.5. The van der Waals surface area contributed by atoms with Gasteiger partial charge in [-0.3, -0.25) is 14.4 Å². The van der Waals surface area contributed by atoms with Gasteiger partial charge in [-0.05, 0) is 31.9 Å². The molecule has 0 aromatic heterocycles. The molecule has 1 aromatic rings. The number of amides is 2. The van der Waals surface area contributed by atoms with E-state index in [0.29, 0.717) is 37.3 Å². The van der Waals surface area contributed by atoms with E-state index in [4.69, 9.17) is 9.84 Å². The molecule has 1 heterocycles. The van der Waals surface area contributed by atoms with Gasteiger partial charge in [0.2, 0.25) is 5.91 Å². The maximum Gasteiger partial charge on any atom is 0.308 e. The molecule has 0 aliphatic carbocycles. The Morgan fingerprint density at radius 2 is 2.08 bits per heavy atom. The fourth-order valence-corrected chi connectivity index (χ4v) is 2.70. The summed E-state index contributed by atoms with van der Waals surface area (Å²) in [5.74, 6) is -1.62. The average molecular weight is 334 g/mol. The molecular weight excluding hydrogens is 312 g/mol. The predicted molar refractivity (Wildman–Crippen MR) is 86.9 cm³/mol. The van der Waals surface area contributed by atoms with Crippen molar-refractivity contribution in [2.75, 3.05) is 26.2 Å². The number of para-hydroxylation sites is 1. The maximum absolute atomic E-state index is 12.2. The van der Waals surface area contributed by atoms with Crippen LogP contribution in [0.15, 0.2) is 24.3 Å². The minimum Gasteiger partial charge on any atom is -0.493 e. The Kier molecular flexibility index (Phi) is 6.17. The number of aliphatic carboxylic acids is 1. The second kappa shape index (κ2) is 8.33. The van der Waals surface area contributed by atoms with E-state index in [1.165, 1.54) is 4.90 Å². The summed E-state index contributed by atoms with van der Waals surface area (Å²) in [5.41, 5.74) is 0.370. The smallest absolute Gasteiger partial charge is 0.308 e. The number of nitrogens with zero attached hydrogens (tertiary/aromatic N) is 1. The van der Waals surface area contributed by atoms with Gasteiger partial charge in [-0.2, -0.15) is 0 Å².